The van der Waals surface area contributed by atoms with Gasteiger partial charge in [-0.05, 0) is 157 Å². The first-order valence-corrected chi connectivity index (χ1v) is 32.0. The molecule has 0 radical (unpaired) electrons. The van der Waals surface area contributed by atoms with Gasteiger partial charge in [0.15, 0.2) is 0 Å². The summed E-state index contributed by atoms with van der Waals surface area (Å²) in [6.45, 7) is 1.55. The second kappa shape index (κ2) is 33.6. The molecule has 556 valence electrons. The Bertz CT molecular complexity index is 4900. The highest BCUT2D eigenvalue weighted by Gasteiger charge is 2.63. The van der Waals surface area contributed by atoms with E-state index in [0.29, 0.717) is 6.04 Å². The summed E-state index contributed by atoms with van der Waals surface area (Å²) in [6.07, 6.45) is -12.5. The molecular formula is C70H67F16IN12O5. The molecule has 2 saturated carbocycles. The zero-order valence-corrected chi connectivity index (χ0v) is 54.5. The minimum atomic E-state index is -4.90. The van der Waals surface area contributed by atoms with E-state index in [-0.39, 0.29) is 115 Å². The number of anilines is 6. The molecule has 5 aromatic heterocycles. The van der Waals surface area contributed by atoms with Crippen LogP contribution in [-0.2, 0) is 27.2 Å². The van der Waals surface area contributed by atoms with E-state index in [1.807, 2.05) is 4.93 Å². The van der Waals surface area contributed by atoms with Gasteiger partial charge in [-0.15, -0.1) is 0 Å². The molecule has 8 heterocycles. The number of fused-ring (bicyclic) bond motifs is 8. The quantitative estimate of drug-likeness (QED) is 0.0236. The molecule has 0 bridgehead atoms. The maximum atomic E-state index is 14.5. The van der Waals surface area contributed by atoms with Crippen LogP contribution in [0.1, 0.15) is 113 Å². The number of aromatic nitrogens is 5. The third-order valence-electron chi connectivity index (χ3n) is 16.6. The molecule has 0 saturated heterocycles. The Labute approximate surface area is 595 Å². The highest BCUT2D eigenvalue weighted by molar-refractivity contribution is 14.1. The fraction of sp³-hybridized carbons (Fsp3) is 0.314. The molecule has 0 amide bonds. The van der Waals surface area contributed by atoms with Gasteiger partial charge < -0.3 is 51.7 Å². The topological polar surface area (TPSA) is 283 Å². The molecule has 2 aliphatic carbocycles. The van der Waals surface area contributed by atoms with E-state index in [1.165, 1.54) is 44.2 Å². The second-order valence-corrected chi connectivity index (χ2v) is 22.9. The molecule has 104 heavy (non-hydrogen) atoms. The first-order chi connectivity index (χ1) is 47.6. The fourth-order valence-electron chi connectivity index (χ4n) is 11.9. The summed E-state index contributed by atoms with van der Waals surface area (Å²) in [4.78, 5) is 73.7. The predicted molar refractivity (Wildman–Crippen MR) is 371 cm³/mol. The van der Waals surface area contributed by atoms with Crippen molar-refractivity contribution in [2.24, 2.45) is 5.73 Å². The lowest BCUT2D eigenvalue weighted by Gasteiger charge is -2.42. The molecule has 4 aromatic carbocycles. The fourth-order valence-corrected chi connectivity index (χ4v) is 11.9. The number of hydrogen-bond acceptors (Lipinski definition) is 13. The number of aldehydes is 1. The van der Waals surface area contributed by atoms with Crippen molar-refractivity contribution in [2.45, 2.75) is 127 Å². The molecule has 34 heteroatoms. The molecule has 3 aliphatic heterocycles. The largest absolute Gasteiger partial charge is 0.417 e. The minimum absolute atomic E-state index is 0. The van der Waals surface area contributed by atoms with Gasteiger partial charge in [-0.2, -0.15) is 63.2 Å². The van der Waals surface area contributed by atoms with Gasteiger partial charge in [0, 0.05) is 94.7 Å². The van der Waals surface area contributed by atoms with E-state index < -0.39 is 127 Å². The van der Waals surface area contributed by atoms with E-state index in [2.05, 4.69) is 68.8 Å². The zero-order valence-electron chi connectivity index (χ0n) is 52.3. The molecule has 5 aliphatic rings. The van der Waals surface area contributed by atoms with Crippen molar-refractivity contribution in [3.63, 3.8) is 0 Å². The Morgan fingerprint density at radius 2 is 0.904 bits per heavy atom. The van der Waals surface area contributed by atoms with Gasteiger partial charge in [0.05, 0.1) is 29.6 Å². The molecule has 0 spiro atoms. The van der Waals surface area contributed by atoms with E-state index in [9.17, 15) is 94.2 Å². The van der Waals surface area contributed by atoms with Gasteiger partial charge in [-0.25, -0.2) is 22.5 Å². The van der Waals surface area contributed by atoms with Crippen molar-refractivity contribution in [3.05, 3.63) is 225 Å². The van der Waals surface area contributed by atoms with Crippen molar-refractivity contribution in [3.8, 4) is 12.1 Å². The molecular weight excluding hydrogens is 1520 g/mol. The van der Waals surface area contributed by atoms with Gasteiger partial charge in [0.1, 0.15) is 68.4 Å². The van der Waals surface area contributed by atoms with Crippen molar-refractivity contribution in [1.82, 2.24) is 30.2 Å². The number of nitrogens with one attached hydrogen (secondary N) is 8. The SMILES string of the molecule is C.C.C.CC#N.CI.N#CCC1(C(F)(F)F)c2cc(F)ccc2Nc2c1cc[nH]c2=O.NC1CC1.O=CCC1(C(F)(F)F)c2cc(F)ccc2Nc2c1cc[nH]c2=O.O=c1[nH]ccc2c(C(F)(F)F)c3cc(F)ccc3nc12.O=c1[nH]ccc2c1Nc1ccc(F)cc1C2(CCNC1CC1)C(F)(F)F. The zero-order chi connectivity index (χ0) is 74.4. The van der Waals surface area contributed by atoms with Crippen LogP contribution >= 0.6 is 22.6 Å². The number of alkyl halides is 13. The van der Waals surface area contributed by atoms with Crippen LogP contribution in [0, 0.1) is 45.9 Å². The predicted octanol–water partition coefficient (Wildman–Crippen LogP) is 16.7. The van der Waals surface area contributed by atoms with E-state index in [1.54, 1.807) is 6.07 Å². The lowest BCUT2D eigenvalue weighted by Crippen LogP contribution is -2.48. The number of rotatable bonds is 7. The Hall–Kier alpha value is -10.1. The summed E-state index contributed by atoms with van der Waals surface area (Å²) in [6, 6.07) is 20.4. The van der Waals surface area contributed by atoms with Crippen LogP contribution in [0.25, 0.3) is 21.8 Å². The Balaban J connectivity index is 0.000000238. The van der Waals surface area contributed by atoms with Crippen molar-refractivity contribution in [2.75, 3.05) is 27.4 Å². The number of carbonyl (C=O) groups excluding carboxylic acids is 1. The maximum absolute atomic E-state index is 14.5. The average Bonchev–Trinajstić information content (AvgIpc) is 0.973. The summed E-state index contributed by atoms with van der Waals surface area (Å²) >= 11 is 2.15. The second-order valence-electron chi connectivity index (χ2n) is 22.9. The molecule has 2 fully saturated rings. The van der Waals surface area contributed by atoms with Crippen LogP contribution < -0.4 is 49.2 Å². The number of aromatic amines is 4. The first-order valence-electron chi connectivity index (χ1n) is 29.9. The molecule has 3 atom stereocenters. The number of carbonyl (C=O) groups is 1. The van der Waals surface area contributed by atoms with Crippen LogP contribution in [0.15, 0.2) is 141 Å². The van der Waals surface area contributed by atoms with Gasteiger partial charge in [-0.1, -0.05) is 44.9 Å². The van der Waals surface area contributed by atoms with Crippen LogP contribution in [-0.4, -0.2) is 73.3 Å². The summed E-state index contributed by atoms with van der Waals surface area (Å²) in [5.41, 5.74) is -9.85. The van der Waals surface area contributed by atoms with Crippen LogP contribution in [0.3, 0.4) is 0 Å². The van der Waals surface area contributed by atoms with Crippen molar-refractivity contribution in [1.29, 1.82) is 10.5 Å². The van der Waals surface area contributed by atoms with Gasteiger partial charge >= 0.3 is 24.7 Å². The monoisotopic (exact) mass is 1590 g/mol. The van der Waals surface area contributed by atoms with Gasteiger partial charge in [-0.3, -0.25) is 19.2 Å². The number of nitrogens with two attached hydrogens (primary N) is 1. The van der Waals surface area contributed by atoms with E-state index >= 15 is 0 Å². The smallest absolute Gasteiger partial charge is 0.351 e. The van der Waals surface area contributed by atoms with Crippen LogP contribution in [0.2, 0.25) is 0 Å². The maximum Gasteiger partial charge on any atom is 0.417 e. The summed E-state index contributed by atoms with van der Waals surface area (Å²) in [7, 11) is 0. The van der Waals surface area contributed by atoms with E-state index in [0.717, 1.165) is 116 Å². The first kappa shape index (κ1) is 84.6. The van der Waals surface area contributed by atoms with Crippen LogP contribution in [0.4, 0.5) is 104 Å². The Morgan fingerprint density at radius 1 is 0.538 bits per heavy atom. The number of hydrogen-bond donors (Lipinski definition) is 9. The van der Waals surface area contributed by atoms with Crippen LogP contribution in [0.5, 0.6) is 0 Å². The molecule has 14 rings (SSSR count). The highest BCUT2D eigenvalue weighted by atomic mass is 127. The van der Waals surface area contributed by atoms with E-state index in [4.69, 9.17) is 16.3 Å². The minimum Gasteiger partial charge on any atom is -0.351 e. The Morgan fingerprint density at radius 3 is 1.29 bits per heavy atom. The number of nitrogens with zero attached hydrogens (tertiary/aromatic N) is 3. The highest BCUT2D eigenvalue weighted by Crippen LogP contribution is 2.58. The summed E-state index contributed by atoms with van der Waals surface area (Å²) in [5.74, 6) is -3.26. The third kappa shape index (κ3) is 16.9. The number of pyridine rings is 5. The number of benzene rings is 4. The molecule has 3 unspecified atom stereocenters. The Kier molecular flexibility index (Phi) is 27.3. The lowest BCUT2D eigenvalue weighted by molar-refractivity contribution is -0.180. The molecule has 10 N–H and O–H groups in total. The van der Waals surface area contributed by atoms with Gasteiger partial charge in [0.25, 0.3) is 22.2 Å². The lowest BCUT2D eigenvalue weighted by atomic mass is 9.68. The van der Waals surface area contributed by atoms with Crippen molar-refractivity contribution >= 4 is 84.8 Å². The number of nitriles is 2. The average molecular weight is 1590 g/mol. The summed E-state index contributed by atoms with van der Waals surface area (Å²) in [5, 5.41) is 26.6. The third-order valence-corrected chi connectivity index (χ3v) is 16.6. The van der Waals surface area contributed by atoms with Gasteiger partial charge in [0.2, 0.25) is 0 Å². The summed E-state index contributed by atoms with van der Waals surface area (Å²) < 4.78 is 221. The molecule has 17 nitrogen and oxygen atoms in total. The number of halogens is 17. The standard InChI is InChI=1S/C18H17F4N3O.C15H9F4N3O.C15H10F4N2O2.C13H6F4N2O.C3H7N.C2H3N.CH3I.3CH4/c19-10-1-4-14-13(9-10)17(18(20,21)22,6-8-23-11-2-3-11)12-5-7-24-16(26)15(12)25-14;16-8-1-2-11-10(7-8)14(4-5-20,15(17,18)19)9-3-6-21-13(23)12(9)22-11;16-8-1-2-11-10(7-8)14(4-6-22,15(17,18)19)9-3-5-20-13(23)12(9)21-11;14-6-1-2-9-8(5-6)10(13(15,16)17)7-3-4-18-12(20)11(7)19-9;4-3-1-2-3;1-2-3;1-2;;;/h1,4-5,7,9,11,23,25H,2-3,6,8H2,(H,24,26);1-3,6-7,22H,4H2,(H,21,23);1-3,5-7,21H,4H2,(H,20,23);1-5H,(H,18,20);3H,1-2,4H2;1H3;1H3;3*1H4. The molecule has 9 aromatic rings. The number of H-pyrrole nitrogens is 4. The van der Waals surface area contributed by atoms with Crippen molar-refractivity contribution < 1.29 is 75.0 Å². The normalized spacial score (nSPS) is 17.5.